The quantitative estimate of drug-likeness (QED) is 0.708. The van der Waals surface area contributed by atoms with Crippen LogP contribution in [0.5, 0.6) is 11.5 Å². The van der Waals surface area contributed by atoms with Gasteiger partial charge in [0.15, 0.2) is 16.8 Å². The second-order valence-electron chi connectivity index (χ2n) is 6.52. The van der Waals surface area contributed by atoms with Crippen molar-refractivity contribution in [2.75, 3.05) is 7.11 Å². The lowest BCUT2D eigenvalue weighted by Crippen LogP contribution is -2.13. The molecule has 0 unspecified atom stereocenters. The van der Waals surface area contributed by atoms with Crippen LogP contribution in [0.4, 0.5) is 0 Å². The van der Waals surface area contributed by atoms with Gasteiger partial charge in [0.1, 0.15) is 22.8 Å². The number of aryl methyl sites for hydroxylation is 1. The number of hydrogen-bond donors (Lipinski definition) is 1. The van der Waals surface area contributed by atoms with E-state index < -0.39 is 0 Å². The fourth-order valence-corrected chi connectivity index (χ4v) is 2.95. The highest BCUT2D eigenvalue weighted by Gasteiger charge is 2.24. The van der Waals surface area contributed by atoms with E-state index in [1.54, 1.807) is 39.0 Å². The third kappa shape index (κ3) is 2.96. The molecular formula is C21H20O5. The first-order valence-corrected chi connectivity index (χ1v) is 8.32. The molecule has 1 aromatic heterocycles. The van der Waals surface area contributed by atoms with E-state index >= 15 is 0 Å². The van der Waals surface area contributed by atoms with Crippen LogP contribution in [-0.4, -0.2) is 18.0 Å². The Balaban J connectivity index is 2.39. The number of aromatic hydroxyl groups is 1. The fourth-order valence-electron chi connectivity index (χ4n) is 2.95. The number of ketones is 1. The number of hydrogen-bond acceptors (Lipinski definition) is 5. The predicted molar refractivity (Wildman–Crippen MR) is 100 cm³/mol. The first-order valence-electron chi connectivity index (χ1n) is 8.32. The summed E-state index contributed by atoms with van der Waals surface area (Å²) in [5.74, 6) is 0.427. The van der Waals surface area contributed by atoms with Crippen LogP contribution < -0.4 is 10.2 Å². The number of phenolic OH excluding ortho intramolecular Hbond substituents is 1. The summed E-state index contributed by atoms with van der Waals surface area (Å²) >= 11 is 0. The normalized spacial score (nSPS) is 11.1. The van der Waals surface area contributed by atoms with Crippen molar-refractivity contribution in [3.8, 4) is 22.8 Å². The van der Waals surface area contributed by atoms with Crippen LogP contribution in [-0.2, 0) is 0 Å². The van der Waals surface area contributed by atoms with E-state index in [0.717, 1.165) is 0 Å². The molecule has 26 heavy (non-hydrogen) atoms. The molecule has 3 aromatic rings. The van der Waals surface area contributed by atoms with Crippen molar-refractivity contribution in [1.82, 2.24) is 0 Å². The molecule has 0 spiro atoms. The average molecular weight is 352 g/mol. The Labute approximate surface area is 150 Å². The number of carbonyl (C=O) groups is 1. The Bertz CT molecular complexity index is 1040. The van der Waals surface area contributed by atoms with Crippen LogP contribution in [0.2, 0.25) is 0 Å². The van der Waals surface area contributed by atoms with Gasteiger partial charge in [-0.2, -0.15) is 0 Å². The molecule has 5 nitrogen and oxygen atoms in total. The van der Waals surface area contributed by atoms with E-state index in [0.29, 0.717) is 28.0 Å². The minimum Gasteiger partial charge on any atom is -0.508 e. The summed E-state index contributed by atoms with van der Waals surface area (Å²) in [6, 6.07) is 9.39. The van der Waals surface area contributed by atoms with Gasteiger partial charge in [-0.05, 0) is 42.8 Å². The van der Waals surface area contributed by atoms with E-state index in [4.69, 9.17) is 9.15 Å². The topological polar surface area (TPSA) is 76.7 Å². The number of fused-ring (bicyclic) bond motifs is 1. The smallest absolute Gasteiger partial charge is 0.193 e. The summed E-state index contributed by atoms with van der Waals surface area (Å²) < 4.78 is 11.4. The van der Waals surface area contributed by atoms with Gasteiger partial charge < -0.3 is 14.3 Å². The van der Waals surface area contributed by atoms with Crippen molar-refractivity contribution in [2.24, 2.45) is 5.92 Å². The lowest BCUT2D eigenvalue weighted by Gasteiger charge is -2.15. The molecule has 0 bridgehead atoms. The van der Waals surface area contributed by atoms with Crippen molar-refractivity contribution in [1.29, 1.82) is 0 Å². The van der Waals surface area contributed by atoms with Gasteiger partial charge in [-0.3, -0.25) is 9.59 Å². The molecule has 0 aliphatic carbocycles. The zero-order valence-corrected chi connectivity index (χ0v) is 15.1. The van der Waals surface area contributed by atoms with Gasteiger partial charge in [0.05, 0.1) is 12.5 Å². The zero-order valence-electron chi connectivity index (χ0n) is 15.1. The van der Waals surface area contributed by atoms with E-state index in [2.05, 4.69) is 0 Å². The van der Waals surface area contributed by atoms with Crippen molar-refractivity contribution >= 4 is 16.8 Å². The molecule has 1 N–H and O–H groups in total. The first kappa shape index (κ1) is 17.7. The van der Waals surface area contributed by atoms with Crippen LogP contribution in [0.25, 0.3) is 22.3 Å². The Kier molecular flexibility index (Phi) is 4.55. The molecule has 0 amide bonds. The number of rotatable bonds is 4. The fraction of sp³-hybridized carbons (Fsp3) is 0.238. The SMILES string of the molecule is COc1c(C)cc2c(=O)cc(-c3ccc(O)cc3)oc2c1C(=O)C(C)C. The number of Topliss-reactive ketones (excluding diaryl/α,β-unsaturated/α-hetero) is 1. The molecule has 0 radical (unpaired) electrons. The van der Waals surface area contributed by atoms with E-state index in [1.807, 2.05) is 0 Å². The number of ether oxygens (including phenoxy) is 1. The highest BCUT2D eigenvalue weighted by Crippen LogP contribution is 2.34. The van der Waals surface area contributed by atoms with Crippen molar-refractivity contribution in [2.45, 2.75) is 20.8 Å². The second kappa shape index (κ2) is 6.67. The molecule has 5 heteroatoms. The van der Waals surface area contributed by atoms with Gasteiger partial charge in [-0.15, -0.1) is 0 Å². The van der Waals surface area contributed by atoms with Crippen LogP contribution >= 0.6 is 0 Å². The Morgan fingerprint density at radius 1 is 1.15 bits per heavy atom. The van der Waals surface area contributed by atoms with Crippen molar-refractivity contribution in [3.05, 3.63) is 57.7 Å². The molecule has 0 saturated heterocycles. The molecule has 0 aliphatic heterocycles. The lowest BCUT2D eigenvalue weighted by molar-refractivity contribution is 0.0937. The average Bonchev–Trinajstić information content (AvgIpc) is 2.61. The molecule has 0 aliphatic rings. The summed E-state index contributed by atoms with van der Waals surface area (Å²) in [5, 5.41) is 9.80. The van der Waals surface area contributed by atoms with Gasteiger partial charge in [0.25, 0.3) is 0 Å². The van der Waals surface area contributed by atoms with Gasteiger partial charge in [0.2, 0.25) is 0 Å². The number of phenols is 1. The Morgan fingerprint density at radius 3 is 2.38 bits per heavy atom. The minimum atomic E-state index is -0.281. The predicted octanol–water partition coefficient (Wildman–Crippen LogP) is 4.32. The van der Waals surface area contributed by atoms with Crippen LogP contribution in [0.3, 0.4) is 0 Å². The Hall–Kier alpha value is -3.08. The van der Waals surface area contributed by atoms with Gasteiger partial charge in [-0.1, -0.05) is 13.8 Å². The number of methoxy groups -OCH3 is 1. The van der Waals surface area contributed by atoms with Crippen LogP contribution in [0.1, 0.15) is 29.8 Å². The summed E-state index contributed by atoms with van der Waals surface area (Å²) in [5.41, 5.74) is 1.60. The summed E-state index contributed by atoms with van der Waals surface area (Å²) in [7, 11) is 1.49. The maximum absolute atomic E-state index is 12.8. The highest BCUT2D eigenvalue weighted by atomic mass is 16.5. The number of benzene rings is 2. The molecular weight excluding hydrogens is 332 g/mol. The minimum absolute atomic E-state index is 0.116. The molecule has 0 fully saturated rings. The zero-order chi connectivity index (χ0) is 19.0. The second-order valence-corrected chi connectivity index (χ2v) is 6.52. The molecule has 134 valence electrons. The van der Waals surface area contributed by atoms with Crippen LogP contribution in [0, 0.1) is 12.8 Å². The maximum atomic E-state index is 12.8. The van der Waals surface area contributed by atoms with E-state index in [-0.39, 0.29) is 34.0 Å². The lowest BCUT2D eigenvalue weighted by atomic mass is 9.95. The van der Waals surface area contributed by atoms with Gasteiger partial charge in [0, 0.05) is 17.5 Å². The molecule has 0 atom stereocenters. The molecule has 2 aromatic carbocycles. The summed E-state index contributed by atoms with van der Waals surface area (Å²) in [4.78, 5) is 25.5. The highest BCUT2D eigenvalue weighted by molar-refractivity contribution is 6.10. The van der Waals surface area contributed by atoms with Crippen molar-refractivity contribution in [3.63, 3.8) is 0 Å². The van der Waals surface area contributed by atoms with E-state index in [9.17, 15) is 14.7 Å². The van der Waals surface area contributed by atoms with Crippen LogP contribution in [0.15, 0.2) is 45.6 Å². The Morgan fingerprint density at radius 2 is 1.81 bits per heavy atom. The molecule has 1 heterocycles. The monoisotopic (exact) mass is 352 g/mol. The standard InChI is InChI=1S/C21H20O5/c1-11(2)19(24)18-20(25-4)12(3)9-15-16(23)10-17(26-21(15)18)13-5-7-14(22)8-6-13/h5-11,22H,1-4H3. The maximum Gasteiger partial charge on any atom is 0.193 e. The molecule has 0 saturated carbocycles. The largest absolute Gasteiger partial charge is 0.508 e. The van der Waals surface area contributed by atoms with Crippen molar-refractivity contribution < 1.29 is 19.1 Å². The van der Waals surface area contributed by atoms with Gasteiger partial charge in [-0.25, -0.2) is 0 Å². The summed E-state index contributed by atoms with van der Waals surface area (Å²) in [6.45, 7) is 5.37. The molecule has 3 rings (SSSR count). The first-order chi connectivity index (χ1) is 12.3. The van der Waals surface area contributed by atoms with E-state index in [1.165, 1.54) is 25.3 Å². The number of carbonyl (C=O) groups excluding carboxylic acids is 1. The third-order valence-corrected chi connectivity index (χ3v) is 4.28. The third-order valence-electron chi connectivity index (χ3n) is 4.28. The van der Waals surface area contributed by atoms with Gasteiger partial charge >= 0.3 is 0 Å². The summed E-state index contributed by atoms with van der Waals surface area (Å²) in [6.07, 6.45) is 0.